The molecule has 0 fully saturated rings. The molecule has 12 aromatic carbocycles. The van der Waals surface area contributed by atoms with Crippen LogP contribution in [0.1, 0.15) is 52.7 Å². The van der Waals surface area contributed by atoms with Crippen molar-refractivity contribution in [2.45, 2.75) is 52.4 Å². The first-order valence-electron chi connectivity index (χ1n) is 32.5. The highest BCUT2D eigenvalue weighted by Crippen LogP contribution is 2.52. The largest absolute Gasteiger partial charge is 0.455 e. The van der Waals surface area contributed by atoms with Crippen molar-refractivity contribution in [3.05, 3.63) is 309 Å². The lowest BCUT2D eigenvalue weighted by Gasteiger charge is -2.32. The molecular formula is C86H69N5OSi. The second-order valence-electron chi connectivity index (χ2n) is 27.1. The fraction of sp³-hybridized carbons (Fsp3) is 0.105. The van der Waals surface area contributed by atoms with Crippen LogP contribution >= 0.6 is 0 Å². The topological polar surface area (TPSA) is 38.5 Å². The number of rotatable bonds is 10. The monoisotopic (exact) mass is 1220 g/mol. The summed E-state index contributed by atoms with van der Waals surface area (Å²) in [7, 11) is -2.99. The van der Waals surface area contributed by atoms with E-state index in [1.807, 2.05) is 6.20 Å². The van der Waals surface area contributed by atoms with Crippen LogP contribution in [0.2, 0.25) is 0 Å². The van der Waals surface area contributed by atoms with Gasteiger partial charge in [0.1, 0.15) is 18.2 Å². The van der Waals surface area contributed by atoms with Crippen LogP contribution in [-0.2, 0) is 10.8 Å². The van der Waals surface area contributed by atoms with E-state index in [0.29, 0.717) is 6.67 Å². The molecule has 0 spiro atoms. The maximum Gasteiger partial charge on any atom is 0.181 e. The Kier molecular flexibility index (Phi) is 13.0. The van der Waals surface area contributed by atoms with Crippen LogP contribution < -0.4 is 35.3 Å². The van der Waals surface area contributed by atoms with Gasteiger partial charge in [0.25, 0.3) is 0 Å². The number of fused-ring (bicyclic) bond motifs is 11. The Morgan fingerprint density at radius 3 is 1.63 bits per heavy atom. The number of hydrogen-bond donors (Lipinski definition) is 0. The minimum absolute atomic E-state index is 0.0265. The van der Waals surface area contributed by atoms with Gasteiger partial charge in [-0.05, 0) is 132 Å². The third-order valence-electron chi connectivity index (χ3n) is 19.7. The number of hydrogen-bond acceptors (Lipinski definition) is 4. The summed E-state index contributed by atoms with van der Waals surface area (Å²) in [5, 5.41) is 10.3. The molecule has 0 aliphatic carbocycles. The van der Waals surface area contributed by atoms with Gasteiger partial charge in [-0.2, -0.15) is 0 Å². The average Bonchev–Trinajstić information content (AvgIpc) is 1.52. The SMILES string of the molecule is CC(C)(C)c1ccc(-c2cccc(-c3ccccc3)c2N2CN(c3ccc(-n4c5ccccc5c5ccccc54)c(Oc4ccc5c6c7c(ccc6n(-c6cc(C(C)(C)C)ccn6)c5c4)-c4ccccc4[Si]7(c4ccccc4)c4ccccc4)c3)c3ccccc32)cc1. The molecule has 0 atom stereocenters. The van der Waals surface area contributed by atoms with Crippen molar-refractivity contribution < 1.29 is 4.74 Å². The molecule has 0 radical (unpaired) electrons. The zero-order chi connectivity index (χ0) is 62.7. The van der Waals surface area contributed by atoms with Crippen LogP contribution in [0.5, 0.6) is 11.5 Å². The van der Waals surface area contributed by atoms with Crippen molar-refractivity contribution in [2.75, 3.05) is 16.5 Å². The minimum atomic E-state index is -2.99. The van der Waals surface area contributed by atoms with Gasteiger partial charge in [0, 0.05) is 56.7 Å². The average molecular weight is 1220 g/mol. The fourth-order valence-corrected chi connectivity index (χ4v) is 20.7. The Hall–Kier alpha value is -11.0. The van der Waals surface area contributed by atoms with Gasteiger partial charge in [-0.25, -0.2) is 4.98 Å². The van der Waals surface area contributed by atoms with Gasteiger partial charge in [-0.1, -0.05) is 254 Å². The summed E-state index contributed by atoms with van der Waals surface area (Å²) in [5.41, 5.74) is 19.4. The quantitative estimate of drug-likeness (QED) is 0.128. The first-order chi connectivity index (χ1) is 45.4. The fourth-order valence-electron chi connectivity index (χ4n) is 15.3. The molecule has 0 unspecified atom stereocenters. The van der Waals surface area contributed by atoms with Crippen LogP contribution in [-0.4, -0.2) is 28.9 Å². The summed E-state index contributed by atoms with van der Waals surface area (Å²) < 4.78 is 12.5. The first-order valence-corrected chi connectivity index (χ1v) is 34.5. The minimum Gasteiger partial charge on any atom is -0.455 e. The summed E-state index contributed by atoms with van der Waals surface area (Å²) in [4.78, 5) is 10.3. The van der Waals surface area contributed by atoms with Crippen molar-refractivity contribution in [3.63, 3.8) is 0 Å². The van der Waals surface area contributed by atoms with Gasteiger partial charge < -0.3 is 19.1 Å². The molecule has 448 valence electrons. The van der Waals surface area contributed by atoms with Gasteiger partial charge in [0.15, 0.2) is 13.8 Å². The highest BCUT2D eigenvalue weighted by molar-refractivity contribution is 7.23. The number of pyridine rings is 1. The molecule has 2 aliphatic heterocycles. The number of benzene rings is 12. The van der Waals surface area contributed by atoms with Crippen molar-refractivity contribution in [1.29, 1.82) is 0 Å². The second kappa shape index (κ2) is 21.6. The Labute approximate surface area is 544 Å². The van der Waals surface area contributed by atoms with Crippen LogP contribution in [0, 0.1) is 0 Å². The molecule has 0 saturated heterocycles. The molecule has 0 N–H and O–H groups in total. The van der Waals surface area contributed by atoms with Crippen molar-refractivity contribution in [3.8, 4) is 56.4 Å². The lowest BCUT2D eigenvalue weighted by atomic mass is 9.86. The Morgan fingerprint density at radius 2 is 0.968 bits per heavy atom. The zero-order valence-corrected chi connectivity index (χ0v) is 54.1. The molecule has 0 bridgehead atoms. The molecule has 5 heterocycles. The van der Waals surface area contributed by atoms with E-state index in [1.54, 1.807) is 0 Å². The van der Waals surface area contributed by atoms with Gasteiger partial charge in [0.05, 0.1) is 44.8 Å². The third-order valence-corrected chi connectivity index (χ3v) is 24.6. The Bertz CT molecular complexity index is 5330. The number of para-hydroxylation sites is 5. The third kappa shape index (κ3) is 8.93. The van der Waals surface area contributed by atoms with Crippen molar-refractivity contribution >= 4 is 95.2 Å². The normalized spacial score (nSPS) is 13.5. The summed E-state index contributed by atoms with van der Waals surface area (Å²) in [6.07, 6.45) is 1.98. The van der Waals surface area contributed by atoms with Crippen molar-refractivity contribution in [1.82, 2.24) is 14.1 Å². The van der Waals surface area contributed by atoms with E-state index >= 15 is 0 Å². The molecule has 17 rings (SSSR count). The molecule has 3 aromatic heterocycles. The standard InChI is InChI=1S/C86H69N5OSi/c1-85(2,3)59-43-41-58(42-44-59)66-35-24-34-65(57-25-10-7-11-26-57)83(66)89-56-88(74-38-21-22-39-75(74)89)61-45-49-76(90-72-36-19-16-31-67(72)68-32-17-20-37-73(68)90)79(54-61)92-62-46-47-71-78(55-62)91(81-53-60(51-52-87-81)86(4,5)6)77-50-48-70-69-33-18-23-40-80(69)93(84(70)82(71)77,63-27-12-8-13-28-63)64-29-14-9-15-30-64/h7-55H,56H2,1-6H3. The Balaban J connectivity index is 0.882. The van der Waals surface area contributed by atoms with Gasteiger partial charge in [-0.15, -0.1) is 0 Å². The molecule has 6 nitrogen and oxygen atoms in total. The van der Waals surface area contributed by atoms with Crippen LogP contribution in [0.3, 0.4) is 0 Å². The van der Waals surface area contributed by atoms with Crippen LogP contribution in [0.15, 0.2) is 297 Å². The van der Waals surface area contributed by atoms with Crippen molar-refractivity contribution in [2.24, 2.45) is 0 Å². The molecule has 7 heteroatoms. The predicted octanol–water partition coefficient (Wildman–Crippen LogP) is 19.6. The molecule has 2 aliphatic rings. The molecule has 93 heavy (non-hydrogen) atoms. The first kappa shape index (κ1) is 56.0. The molecular weight excluding hydrogens is 1150 g/mol. The molecule has 0 amide bonds. The van der Waals surface area contributed by atoms with Crippen LogP contribution in [0.4, 0.5) is 22.7 Å². The van der Waals surface area contributed by atoms with Crippen LogP contribution in [0.25, 0.3) is 88.5 Å². The summed E-state index contributed by atoms with van der Waals surface area (Å²) >= 11 is 0. The summed E-state index contributed by atoms with van der Waals surface area (Å²) in [6.45, 7) is 14.2. The summed E-state index contributed by atoms with van der Waals surface area (Å²) in [5.74, 6) is 2.31. The number of anilines is 4. The maximum absolute atomic E-state index is 7.73. The molecule has 15 aromatic rings. The van der Waals surface area contributed by atoms with E-state index in [1.165, 1.54) is 81.4 Å². The summed E-state index contributed by atoms with van der Waals surface area (Å²) in [6, 6.07) is 108. The van der Waals surface area contributed by atoms with Gasteiger partial charge in [-0.3, -0.25) is 4.57 Å². The van der Waals surface area contributed by atoms with E-state index in [-0.39, 0.29) is 10.8 Å². The van der Waals surface area contributed by atoms with E-state index in [9.17, 15) is 0 Å². The van der Waals surface area contributed by atoms with Gasteiger partial charge >= 0.3 is 0 Å². The highest BCUT2D eigenvalue weighted by atomic mass is 28.3. The maximum atomic E-state index is 7.73. The lowest BCUT2D eigenvalue weighted by molar-refractivity contribution is 0.481. The van der Waals surface area contributed by atoms with Gasteiger partial charge in [0.2, 0.25) is 0 Å². The number of nitrogens with zero attached hydrogens (tertiary/aromatic N) is 5. The second-order valence-corrected chi connectivity index (χ2v) is 30.8. The van der Waals surface area contributed by atoms with E-state index in [0.717, 1.165) is 73.2 Å². The Morgan fingerprint density at radius 1 is 0.387 bits per heavy atom. The smallest absolute Gasteiger partial charge is 0.181 e. The van der Waals surface area contributed by atoms with E-state index in [4.69, 9.17) is 9.72 Å². The predicted molar refractivity (Wildman–Crippen MR) is 392 cm³/mol. The number of ether oxygens (including phenoxy) is 1. The highest BCUT2D eigenvalue weighted by Gasteiger charge is 2.50. The lowest BCUT2D eigenvalue weighted by Crippen LogP contribution is -2.72. The molecule has 0 saturated carbocycles. The van der Waals surface area contributed by atoms with E-state index in [2.05, 4.69) is 352 Å². The zero-order valence-electron chi connectivity index (χ0n) is 53.1. The number of aromatic nitrogens is 3. The van der Waals surface area contributed by atoms with E-state index < -0.39 is 8.07 Å².